The zero-order valence-electron chi connectivity index (χ0n) is 52.2. The highest BCUT2D eigenvalue weighted by Crippen LogP contribution is 2.27. The Kier molecular flexibility index (Phi) is 31.7. The minimum atomic E-state index is -1.77. The van der Waals surface area contributed by atoms with Crippen LogP contribution >= 0.6 is 43.2 Å². The van der Waals surface area contributed by atoms with E-state index in [9.17, 15) is 82.1 Å². The Balaban J connectivity index is 1.34. The predicted octanol–water partition coefficient (Wildman–Crippen LogP) is -8.74. The molecule has 0 radical (unpaired) electrons. The van der Waals surface area contributed by atoms with Crippen molar-refractivity contribution < 1.29 is 87.2 Å². The second-order valence-corrected chi connectivity index (χ2v) is 27.4. The van der Waals surface area contributed by atoms with Gasteiger partial charge >= 0.3 is 5.97 Å². The van der Waals surface area contributed by atoms with Crippen LogP contribution in [0.3, 0.4) is 0 Å². The van der Waals surface area contributed by atoms with E-state index in [-0.39, 0.29) is 92.8 Å². The first-order valence-electron chi connectivity index (χ1n) is 30.1. The van der Waals surface area contributed by atoms with E-state index >= 15 is 0 Å². The lowest BCUT2D eigenvalue weighted by molar-refractivity contribution is -0.143. The van der Waals surface area contributed by atoms with E-state index in [1.165, 1.54) is 43.7 Å². The lowest BCUT2D eigenvalue weighted by Gasteiger charge is -2.30. The number of hydrogen-bond donors (Lipinski definition) is 20. The van der Waals surface area contributed by atoms with Crippen molar-refractivity contribution in [2.45, 2.75) is 137 Å². The lowest BCUT2D eigenvalue weighted by Crippen LogP contribution is -2.61. The van der Waals surface area contributed by atoms with Gasteiger partial charge in [-0.05, 0) is 56.7 Å². The Hall–Kier alpha value is -9.13. The number of aromatic hydroxyl groups is 1. The third kappa shape index (κ3) is 26.1. The fourth-order valence-corrected chi connectivity index (χ4v) is 14.2. The molecule has 3 aliphatic heterocycles. The molecule has 0 saturated carbocycles. The average Bonchev–Trinajstić information content (AvgIpc) is 1.78. The maximum absolute atomic E-state index is 14.4. The smallest absolute Gasteiger partial charge is 0.303 e. The van der Waals surface area contributed by atoms with Crippen molar-refractivity contribution in [3.8, 4) is 5.75 Å². The summed E-state index contributed by atoms with van der Waals surface area (Å²) in [5, 5.41) is 56.4. The first kappa shape index (κ1) is 78.6. The van der Waals surface area contributed by atoms with Gasteiger partial charge in [0.15, 0.2) is 5.96 Å². The van der Waals surface area contributed by atoms with E-state index in [4.69, 9.17) is 33.8 Å². The van der Waals surface area contributed by atoms with Crippen LogP contribution in [0.2, 0.25) is 0 Å². The fraction of sp³-hybridized carbons (Fsp3) is 0.545. The van der Waals surface area contributed by atoms with Crippen molar-refractivity contribution in [3.05, 3.63) is 48.0 Å². The van der Waals surface area contributed by atoms with Gasteiger partial charge in [0.05, 0.1) is 31.9 Å². The summed E-state index contributed by atoms with van der Waals surface area (Å²) in [6.45, 7) is -0.760. The molecule has 0 aliphatic carbocycles. The zero-order valence-corrected chi connectivity index (χ0v) is 55.5. The molecule has 3 aliphatic rings. The number of hydrogen-bond acceptors (Lipinski definition) is 24. The van der Waals surface area contributed by atoms with Crippen molar-refractivity contribution in [2.24, 2.45) is 33.7 Å². The number of carbonyl (C=O) groups is 15. The summed E-state index contributed by atoms with van der Waals surface area (Å²) >= 11 is 0. The number of carboxylic acids is 1. The van der Waals surface area contributed by atoms with Crippen molar-refractivity contribution in [3.63, 3.8) is 0 Å². The van der Waals surface area contributed by atoms with Crippen LogP contribution in [0.4, 0.5) is 0 Å². The van der Waals surface area contributed by atoms with Gasteiger partial charge < -0.3 is 112 Å². The molecule has 1 aromatic heterocycles. The summed E-state index contributed by atoms with van der Waals surface area (Å²) in [6, 6.07) is -12.2. The standard InChI is InChI=1S/C55H80N20O18S4/c1-25(65-53(92)39-5-3-13-75(39)54(93)33(16-40(57)78)69-51(90)38-23-97-96-22-37(52(91)74-38)73-45(84)29(56)10-11-42(80)81)44(83)72-36-21-95-94-20-35(43(58)82)71-50(89)34(19-76)70-48(87)31(14-26-6-8-28(77)9-7-26)67-49(88)32(15-27-17-61-24-64-27)68-47(86)30(4-2-12-62-55(59)60)66-41(79)18-63-46(36)85/h6-9,17,24-25,29-39,76-77H,2-5,10-16,18-23,56H2,1H3,(H2,57,78)(H2,58,82)(H,61,64)(H,63,85)(H,65,92)(H,66,79)(H,67,88)(H,68,86)(H,69,90)(H,70,87)(H,71,89)(H,72,83)(H,73,84)(H,74,91)(H,80,81)(H4,59,60,62)/t25-,29-,30-,31-,32-,33-,34-,35?,36?,37-,38-,39-/m0/s1. The number of rotatable bonds is 24. The van der Waals surface area contributed by atoms with Crippen molar-refractivity contribution in [2.75, 3.05) is 49.3 Å². The normalized spacial score (nSPS) is 23.7. The number of aromatic amines is 1. The number of carbonyl (C=O) groups excluding carboxylic acids is 14. The number of aromatic nitrogens is 2. The molecular formula is C55H80N20O18S4. The Labute approximate surface area is 569 Å². The minimum absolute atomic E-state index is 0.0220. The highest BCUT2D eigenvalue weighted by atomic mass is 33.1. The number of H-pyrrole nitrogens is 1. The van der Waals surface area contributed by atoms with Crippen LogP contribution in [0.25, 0.3) is 0 Å². The van der Waals surface area contributed by atoms with E-state index < -0.39 is 187 Å². The SMILES string of the molecule is C[C@H](NC(=O)[C@@H]1CCCN1C(=O)[C@H](CC(N)=O)NC(=O)[C@@H]1CSSC[C@H](NC(=O)[C@@H](N)CCC(=O)O)C(=O)N1)C(=O)NC1CSSCC(C(N)=O)NC(=O)[C@H](CO)NC(=O)[C@H](Cc2ccc(O)cc2)NC(=O)[C@H](Cc2cnc[nH]2)NC(=O)[C@H](CCCN=C(N)N)NC(=O)CNC1=O. The second-order valence-electron chi connectivity index (χ2n) is 22.3. The van der Waals surface area contributed by atoms with Gasteiger partial charge in [0, 0.05) is 67.3 Å². The summed E-state index contributed by atoms with van der Waals surface area (Å²) in [5.74, 6) is -15.8. The van der Waals surface area contributed by atoms with Gasteiger partial charge in [0.1, 0.15) is 72.2 Å². The number of aliphatic hydroxyl groups excluding tert-OH is 1. The molecule has 12 atom stereocenters. The number of amides is 14. The number of likely N-dealkylation sites (tertiary alicyclic amines) is 1. The quantitative estimate of drug-likeness (QED) is 0.0201. The van der Waals surface area contributed by atoms with E-state index in [2.05, 4.69) is 73.4 Å². The van der Waals surface area contributed by atoms with Gasteiger partial charge in [0.2, 0.25) is 82.7 Å². The maximum atomic E-state index is 14.4. The largest absolute Gasteiger partial charge is 0.508 e. The number of carboxylic acid groups (broad SMARTS) is 1. The van der Waals surface area contributed by atoms with E-state index in [1.54, 1.807) is 0 Å². The molecule has 25 N–H and O–H groups in total. The maximum Gasteiger partial charge on any atom is 0.303 e. The molecule has 97 heavy (non-hydrogen) atoms. The molecule has 3 saturated heterocycles. The summed E-state index contributed by atoms with van der Waals surface area (Å²) in [7, 11) is 3.96. The Morgan fingerprint density at radius 1 is 0.711 bits per heavy atom. The molecule has 0 bridgehead atoms. The molecule has 0 spiro atoms. The number of nitrogens with two attached hydrogens (primary N) is 5. The minimum Gasteiger partial charge on any atom is -0.508 e. The number of primary amides is 2. The molecule has 42 heteroatoms. The van der Waals surface area contributed by atoms with Crippen molar-refractivity contribution >= 4 is 138 Å². The van der Waals surface area contributed by atoms with Gasteiger partial charge in [0.25, 0.3) is 0 Å². The summed E-state index contributed by atoms with van der Waals surface area (Å²) < 4.78 is 0. The van der Waals surface area contributed by atoms with Crippen molar-refractivity contribution in [1.29, 1.82) is 0 Å². The summed E-state index contributed by atoms with van der Waals surface area (Å²) in [5.41, 5.74) is 28.7. The van der Waals surface area contributed by atoms with Gasteiger partial charge in [-0.3, -0.25) is 76.9 Å². The van der Waals surface area contributed by atoms with Crippen molar-refractivity contribution in [1.82, 2.24) is 73.4 Å². The number of imidazole rings is 1. The molecule has 38 nitrogen and oxygen atoms in total. The van der Waals surface area contributed by atoms with Gasteiger partial charge in [-0.15, -0.1) is 0 Å². The first-order chi connectivity index (χ1) is 46.0. The monoisotopic (exact) mass is 1440 g/mol. The van der Waals surface area contributed by atoms with Gasteiger partial charge in [-0.1, -0.05) is 55.3 Å². The summed E-state index contributed by atoms with van der Waals surface area (Å²) in [6.07, 6.45) is 0.832. The lowest BCUT2D eigenvalue weighted by atomic mass is 10.0. The molecule has 5 rings (SSSR count). The first-order valence-corrected chi connectivity index (χ1v) is 35.1. The molecule has 1 aromatic carbocycles. The van der Waals surface area contributed by atoms with Gasteiger partial charge in [-0.2, -0.15) is 0 Å². The van der Waals surface area contributed by atoms with E-state index in [0.717, 1.165) is 48.1 Å². The number of phenolic OH excluding ortho intramolecular Hbond substituents is 1. The zero-order chi connectivity index (χ0) is 71.5. The number of benzene rings is 1. The number of nitrogens with zero attached hydrogens (tertiary/aromatic N) is 3. The molecular weight excluding hydrogens is 1360 g/mol. The Morgan fingerprint density at radius 3 is 1.91 bits per heavy atom. The topological polar surface area (TPSA) is 623 Å². The van der Waals surface area contributed by atoms with Crippen LogP contribution < -0.4 is 87.2 Å². The molecule has 3 fully saturated rings. The number of phenols is 1. The number of aliphatic imine (C=N–C) groups is 1. The number of guanidine groups is 1. The van der Waals surface area contributed by atoms with Gasteiger partial charge in [-0.25, -0.2) is 4.98 Å². The average molecular weight is 1440 g/mol. The number of aliphatic carboxylic acids is 1. The number of aliphatic hydroxyl groups is 1. The molecule has 532 valence electrons. The molecule has 4 heterocycles. The molecule has 2 aromatic rings. The second kappa shape index (κ2) is 39.2. The summed E-state index contributed by atoms with van der Waals surface area (Å²) in [4.78, 5) is 214. The van der Waals surface area contributed by atoms with Crippen LogP contribution in [-0.4, -0.2) is 247 Å². The van der Waals surface area contributed by atoms with Crippen LogP contribution in [0.1, 0.15) is 63.1 Å². The number of nitrogens with one attached hydrogen (secondary N) is 12. The molecule has 14 amide bonds. The van der Waals surface area contributed by atoms with Crippen LogP contribution in [0.5, 0.6) is 5.75 Å². The van der Waals surface area contributed by atoms with E-state index in [1.807, 2.05) is 0 Å². The molecule has 2 unspecified atom stereocenters. The van der Waals surface area contributed by atoms with Crippen LogP contribution in [0.15, 0.2) is 41.8 Å². The van der Waals surface area contributed by atoms with E-state index in [0.29, 0.717) is 11.3 Å². The van der Waals surface area contributed by atoms with Crippen LogP contribution in [-0.2, 0) is 84.8 Å². The Morgan fingerprint density at radius 2 is 1.30 bits per heavy atom. The van der Waals surface area contributed by atoms with Crippen LogP contribution in [0, 0.1) is 0 Å². The highest BCUT2D eigenvalue weighted by molar-refractivity contribution is 8.77. The predicted molar refractivity (Wildman–Crippen MR) is 352 cm³/mol. The fourth-order valence-electron chi connectivity index (χ4n) is 9.51. The highest BCUT2D eigenvalue weighted by Gasteiger charge is 2.41. The third-order valence-corrected chi connectivity index (χ3v) is 19.6. The Bertz CT molecular complexity index is 3210. The third-order valence-electron chi connectivity index (χ3n) is 14.7.